The topological polar surface area (TPSA) is 71.3 Å². The first-order chi connectivity index (χ1) is 22.7. The van der Waals surface area contributed by atoms with Crippen LogP contribution in [-0.2, 0) is 15.7 Å². The van der Waals surface area contributed by atoms with E-state index in [-0.39, 0.29) is 12.6 Å². The fourth-order valence-electron chi connectivity index (χ4n) is 6.07. The van der Waals surface area contributed by atoms with Crippen LogP contribution < -0.4 is 15.4 Å². The van der Waals surface area contributed by atoms with E-state index >= 15 is 0 Å². The Morgan fingerprint density at radius 3 is 2.34 bits per heavy atom. The molecule has 4 aromatic carbocycles. The summed E-state index contributed by atoms with van der Waals surface area (Å²) in [6, 6.07) is 23.3. The molecule has 0 aliphatic carbocycles. The zero-order valence-electron chi connectivity index (χ0n) is 26.3. The Morgan fingerprint density at radius 1 is 0.851 bits per heavy atom. The molecule has 1 saturated heterocycles. The maximum Gasteiger partial charge on any atom is 0.416 e. The van der Waals surface area contributed by atoms with Crippen LogP contribution in [0.4, 0.5) is 30.2 Å². The number of ether oxygens (including phenoxy) is 2. The van der Waals surface area contributed by atoms with Crippen LogP contribution in [0.2, 0.25) is 0 Å². The highest BCUT2D eigenvalue weighted by atomic mass is 32.2. The molecule has 0 amide bonds. The van der Waals surface area contributed by atoms with Crippen molar-refractivity contribution in [2.75, 3.05) is 69.7 Å². The fraction of sp³-hybridized carbons (Fsp3) is 0.361. The first-order valence-electron chi connectivity index (χ1n) is 15.9. The van der Waals surface area contributed by atoms with Gasteiger partial charge in [-0.25, -0.2) is 0 Å². The van der Waals surface area contributed by atoms with Gasteiger partial charge in [-0.3, -0.25) is 9.69 Å². The first-order valence-corrected chi connectivity index (χ1v) is 16.8. The third-order valence-electron chi connectivity index (χ3n) is 8.73. The number of anilines is 3. The van der Waals surface area contributed by atoms with Crippen LogP contribution in [0.15, 0.2) is 88.7 Å². The molecule has 4 aromatic rings. The molecule has 1 unspecified atom stereocenters. The number of fused-ring (bicyclic) bond motifs is 3. The maximum absolute atomic E-state index is 13.5. The average Bonchev–Trinajstić information content (AvgIpc) is 3.07. The summed E-state index contributed by atoms with van der Waals surface area (Å²) in [5, 5.41) is 1.83. The van der Waals surface area contributed by atoms with Crippen LogP contribution in [0.25, 0.3) is 10.8 Å². The second kappa shape index (κ2) is 14.5. The second-order valence-electron chi connectivity index (χ2n) is 12.0. The van der Waals surface area contributed by atoms with Crippen molar-refractivity contribution in [3.63, 3.8) is 0 Å². The Labute approximate surface area is 277 Å². The minimum Gasteiger partial charge on any atom is -0.492 e. The van der Waals surface area contributed by atoms with Gasteiger partial charge in [-0.05, 0) is 62.4 Å². The summed E-state index contributed by atoms with van der Waals surface area (Å²) in [5.41, 5.74) is 7.69. The number of nitrogens with zero attached hydrogens (tertiary/aromatic N) is 3. The van der Waals surface area contributed by atoms with Crippen LogP contribution in [0.5, 0.6) is 5.75 Å². The molecule has 2 N–H and O–H groups in total. The van der Waals surface area contributed by atoms with Gasteiger partial charge in [0.25, 0.3) is 0 Å². The zero-order chi connectivity index (χ0) is 33.0. The number of rotatable bonds is 11. The Bertz CT molecular complexity index is 1710. The van der Waals surface area contributed by atoms with E-state index in [1.165, 1.54) is 17.8 Å². The average molecular weight is 665 g/mol. The summed E-state index contributed by atoms with van der Waals surface area (Å²) in [6.07, 6.45) is -3.57. The summed E-state index contributed by atoms with van der Waals surface area (Å²) < 4.78 is 52.1. The van der Waals surface area contributed by atoms with Gasteiger partial charge in [0.15, 0.2) is 0 Å². The van der Waals surface area contributed by atoms with Gasteiger partial charge in [0, 0.05) is 65.5 Å². The van der Waals surface area contributed by atoms with Gasteiger partial charge in [0.1, 0.15) is 19.0 Å². The van der Waals surface area contributed by atoms with Crippen LogP contribution in [-0.4, -0.2) is 74.8 Å². The number of carbonyl (C=O) groups is 1. The van der Waals surface area contributed by atoms with Crippen molar-refractivity contribution in [2.24, 2.45) is 5.92 Å². The lowest BCUT2D eigenvalue weighted by atomic mass is 10.1. The summed E-state index contributed by atoms with van der Waals surface area (Å²) in [6.45, 7) is 7.96. The first kappa shape index (κ1) is 33.0. The van der Waals surface area contributed by atoms with Gasteiger partial charge in [-0.2, -0.15) is 13.2 Å². The predicted molar refractivity (Wildman–Crippen MR) is 180 cm³/mol. The molecule has 0 aromatic heterocycles. The van der Waals surface area contributed by atoms with Gasteiger partial charge in [-0.15, -0.1) is 0 Å². The standard InChI is InChI=1S/C36H39F3N4O3S/c1-25(24-46-32-11-5-7-27-28(32)8-4-9-29(27)40)35(44)45-22-21-42-19-17-41(18-20-42)15-6-16-43-30-10-2-3-12-33(30)47-34-14-13-26(23-31(34)43)36(37,38)39/h2-5,7-14,23,25H,6,15-22,24,40H2,1H3. The molecule has 2 heterocycles. The Balaban J connectivity index is 0.928. The van der Waals surface area contributed by atoms with Gasteiger partial charge < -0.3 is 25.0 Å². The van der Waals surface area contributed by atoms with E-state index in [4.69, 9.17) is 15.2 Å². The lowest BCUT2D eigenvalue weighted by molar-refractivity contribution is -0.149. The number of benzene rings is 4. The molecule has 2 aliphatic heterocycles. The summed E-state index contributed by atoms with van der Waals surface area (Å²) in [5.74, 6) is -0.0156. The molecule has 2 aliphatic rings. The number of halogens is 3. The summed E-state index contributed by atoms with van der Waals surface area (Å²) in [7, 11) is 0. The number of hydrogen-bond donors (Lipinski definition) is 1. The van der Waals surface area contributed by atoms with Crippen LogP contribution in [0.1, 0.15) is 18.9 Å². The number of esters is 1. The SMILES string of the molecule is CC(COc1cccc2c(N)cccc12)C(=O)OCCN1CCN(CCCN2c3ccccc3Sc3ccc(C(F)(F)F)cc32)CC1. The highest BCUT2D eigenvalue weighted by Crippen LogP contribution is 2.49. The third kappa shape index (κ3) is 7.80. The van der Waals surface area contributed by atoms with Crippen LogP contribution in [0.3, 0.4) is 0 Å². The largest absolute Gasteiger partial charge is 0.492 e. The zero-order valence-corrected chi connectivity index (χ0v) is 27.2. The number of nitrogen functional groups attached to an aromatic ring is 1. The monoisotopic (exact) mass is 664 g/mol. The van der Waals surface area contributed by atoms with Crippen molar-refractivity contribution in [1.82, 2.24) is 9.80 Å². The van der Waals surface area contributed by atoms with Crippen molar-refractivity contribution < 1.29 is 27.4 Å². The quantitative estimate of drug-likeness (QED) is 0.132. The molecule has 11 heteroatoms. The molecule has 47 heavy (non-hydrogen) atoms. The molecule has 0 radical (unpaired) electrons. The van der Waals surface area contributed by atoms with Crippen LogP contribution >= 0.6 is 11.8 Å². The highest BCUT2D eigenvalue weighted by molar-refractivity contribution is 7.99. The van der Waals surface area contributed by atoms with Crippen molar-refractivity contribution >= 4 is 45.6 Å². The number of hydrogen-bond acceptors (Lipinski definition) is 8. The summed E-state index contributed by atoms with van der Waals surface area (Å²) in [4.78, 5) is 21.2. The molecular formula is C36H39F3N4O3S. The molecule has 6 rings (SSSR count). The lowest BCUT2D eigenvalue weighted by Gasteiger charge is -2.36. The van der Waals surface area contributed by atoms with Gasteiger partial charge >= 0.3 is 12.1 Å². The molecule has 7 nitrogen and oxygen atoms in total. The fourth-order valence-corrected chi connectivity index (χ4v) is 7.14. The second-order valence-corrected chi connectivity index (χ2v) is 13.1. The van der Waals surface area contributed by atoms with E-state index in [2.05, 4.69) is 9.80 Å². The van der Waals surface area contributed by atoms with Gasteiger partial charge in [0.2, 0.25) is 0 Å². The lowest BCUT2D eigenvalue weighted by Crippen LogP contribution is -2.47. The Kier molecular flexibility index (Phi) is 10.1. The molecule has 248 valence electrons. The summed E-state index contributed by atoms with van der Waals surface area (Å²) >= 11 is 1.51. The number of nitrogens with two attached hydrogens (primary N) is 1. The Hall–Kier alpha value is -3.93. The van der Waals surface area contributed by atoms with E-state index in [9.17, 15) is 18.0 Å². The molecule has 1 fully saturated rings. The van der Waals surface area contributed by atoms with E-state index in [0.717, 1.165) is 71.5 Å². The minimum absolute atomic E-state index is 0.211. The van der Waals surface area contributed by atoms with Crippen molar-refractivity contribution in [3.8, 4) is 5.75 Å². The minimum atomic E-state index is -4.39. The van der Waals surface area contributed by atoms with E-state index in [0.29, 0.717) is 36.8 Å². The third-order valence-corrected chi connectivity index (χ3v) is 9.86. The number of para-hydroxylation sites is 1. The van der Waals surface area contributed by atoms with Crippen molar-refractivity contribution in [1.29, 1.82) is 0 Å². The number of carbonyl (C=O) groups excluding carboxylic acids is 1. The predicted octanol–water partition coefficient (Wildman–Crippen LogP) is 7.31. The van der Waals surface area contributed by atoms with Gasteiger partial charge in [-0.1, -0.05) is 48.2 Å². The molecule has 1 atom stereocenters. The molecule has 0 bridgehead atoms. The van der Waals surface area contributed by atoms with Crippen molar-refractivity contribution in [3.05, 3.63) is 84.4 Å². The maximum atomic E-state index is 13.5. The smallest absolute Gasteiger partial charge is 0.416 e. The molecular weight excluding hydrogens is 625 g/mol. The number of piperazine rings is 1. The van der Waals surface area contributed by atoms with Gasteiger partial charge in [0.05, 0.1) is 22.9 Å². The van der Waals surface area contributed by atoms with E-state index < -0.39 is 17.7 Å². The van der Waals surface area contributed by atoms with Crippen LogP contribution in [0, 0.1) is 5.92 Å². The Morgan fingerprint density at radius 2 is 1.55 bits per heavy atom. The molecule has 0 spiro atoms. The number of alkyl halides is 3. The molecule has 0 saturated carbocycles. The van der Waals surface area contributed by atoms with E-state index in [1.54, 1.807) is 13.0 Å². The normalized spacial score (nSPS) is 16.0. The van der Waals surface area contributed by atoms with E-state index in [1.807, 2.05) is 65.6 Å². The van der Waals surface area contributed by atoms with Crippen molar-refractivity contribution in [2.45, 2.75) is 29.3 Å². The highest BCUT2D eigenvalue weighted by Gasteiger charge is 2.33.